The van der Waals surface area contributed by atoms with E-state index in [4.69, 9.17) is 20.3 Å². The third-order valence-electron chi connectivity index (χ3n) is 7.94. The van der Waals surface area contributed by atoms with Gasteiger partial charge in [-0.3, -0.25) is 9.59 Å². The number of aliphatic carboxylic acids is 1. The summed E-state index contributed by atoms with van der Waals surface area (Å²) in [6, 6.07) is -0.797. The lowest BCUT2D eigenvalue weighted by atomic mass is 9.91. The Morgan fingerprint density at radius 1 is 1.06 bits per heavy atom. The second kappa shape index (κ2) is 30.7. The van der Waals surface area contributed by atoms with Crippen LogP contribution in [0.25, 0.3) is 0 Å². The van der Waals surface area contributed by atoms with E-state index in [2.05, 4.69) is 29.2 Å². The third kappa shape index (κ3) is 20.4. The molecular formula is C34H72N6O7. The molecule has 13 heteroatoms. The highest BCUT2D eigenvalue weighted by Gasteiger charge is 2.34. The lowest BCUT2D eigenvalue weighted by molar-refractivity contribution is -0.139. The van der Waals surface area contributed by atoms with Crippen LogP contribution >= 0.6 is 0 Å². The molecule has 1 heterocycles. The van der Waals surface area contributed by atoms with Crippen LogP contribution in [0.5, 0.6) is 0 Å². The van der Waals surface area contributed by atoms with Gasteiger partial charge in [0.05, 0.1) is 18.2 Å². The first-order chi connectivity index (χ1) is 22.1. The molecule has 0 aromatic carbocycles. The lowest BCUT2D eigenvalue weighted by Gasteiger charge is -2.38. The molecule has 1 saturated heterocycles. The summed E-state index contributed by atoms with van der Waals surface area (Å²) in [6.07, 6.45) is 5.02. The molecule has 0 radical (unpaired) electrons. The number of nitrogens with zero attached hydrogens (tertiary/aromatic N) is 4. The molecule has 13 nitrogen and oxygen atoms in total. The molecule has 4 N–H and O–H groups in total. The lowest BCUT2D eigenvalue weighted by Crippen LogP contribution is -2.51. The van der Waals surface area contributed by atoms with Crippen molar-refractivity contribution < 1.29 is 33.8 Å². The van der Waals surface area contributed by atoms with E-state index in [0.29, 0.717) is 12.0 Å². The first kappa shape index (κ1) is 51.2. The number of carbonyl (C=O) groups is 4. The largest absolute Gasteiger partial charge is 0.480 e. The Morgan fingerprint density at radius 2 is 1.60 bits per heavy atom. The fourth-order valence-electron chi connectivity index (χ4n) is 4.79. The van der Waals surface area contributed by atoms with Crippen molar-refractivity contribution in [2.45, 2.75) is 124 Å². The van der Waals surface area contributed by atoms with Crippen LogP contribution in [0.3, 0.4) is 0 Å². The molecule has 0 saturated carbocycles. The molecule has 0 spiro atoms. The molecule has 0 bridgehead atoms. The first-order valence-electron chi connectivity index (χ1n) is 16.9. The second-order valence-corrected chi connectivity index (χ2v) is 11.3. The molecule has 1 rings (SSSR count). The maximum atomic E-state index is 12.7. The van der Waals surface area contributed by atoms with Gasteiger partial charge < -0.3 is 49.9 Å². The maximum absolute atomic E-state index is 12.7. The molecule has 1 aliphatic rings. The predicted octanol–water partition coefficient (Wildman–Crippen LogP) is 3.39. The monoisotopic (exact) mass is 677 g/mol. The smallest absolute Gasteiger partial charge is 0.320 e. The highest BCUT2D eigenvalue weighted by molar-refractivity contribution is 5.86. The zero-order valence-electron chi connectivity index (χ0n) is 32.6. The Hall–Kier alpha value is -2.61. The zero-order chi connectivity index (χ0) is 37.9. The fourth-order valence-corrected chi connectivity index (χ4v) is 4.79. The van der Waals surface area contributed by atoms with Crippen molar-refractivity contribution in [2.24, 2.45) is 22.6 Å². The zero-order valence-corrected chi connectivity index (χ0v) is 32.6. The molecule has 6 unspecified atom stereocenters. The van der Waals surface area contributed by atoms with E-state index < -0.39 is 18.1 Å². The van der Waals surface area contributed by atoms with Crippen LogP contribution in [-0.2, 0) is 28.7 Å². The summed E-state index contributed by atoms with van der Waals surface area (Å²) in [6.45, 7) is 18.4. The van der Waals surface area contributed by atoms with Crippen molar-refractivity contribution in [2.75, 3.05) is 56.0 Å². The molecule has 0 aromatic rings. The van der Waals surface area contributed by atoms with Crippen molar-refractivity contribution >= 4 is 30.4 Å². The van der Waals surface area contributed by atoms with Gasteiger partial charge in [-0.25, -0.2) is 4.99 Å². The number of nitrogens with one attached hydrogen (secondary N) is 1. The van der Waals surface area contributed by atoms with E-state index >= 15 is 0 Å². The number of amides is 1. The highest BCUT2D eigenvalue weighted by atomic mass is 16.5. The number of rotatable bonds is 15. The fraction of sp³-hybridized carbons (Fsp3) is 0.853. The number of carboxylic acid groups (broad SMARTS) is 1. The average molecular weight is 677 g/mol. The van der Waals surface area contributed by atoms with Crippen LogP contribution in [0.4, 0.5) is 0 Å². The number of likely N-dealkylation sites (tertiary alicyclic amines) is 1. The Kier molecular flexibility index (Phi) is 33.5. The number of aliphatic imine (C=N–C) groups is 1. The van der Waals surface area contributed by atoms with Gasteiger partial charge in [-0.05, 0) is 53.2 Å². The van der Waals surface area contributed by atoms with Crippen LogP contribution in [-0.4, -0.2) is 143 Å². The summed E-state index contributed by atoms with van der Waals surface area (Å²) in [4.78, 5) is 53.9. The summed E-state index contributed by atoms with van der Waals surface area (Å²) < 4.78 is 10.8. The molecule has 8 atom stereocenters. The molecule has 1 aliphatic heterocycles. The number of carbonyl (C=O) groups excluding carboxylic acids is 3. The Labute approximate surface area is 287 Å². The van der Waals surface area contributed by atoms with E-state index in [9.17, 15) is 19.2 Å². The Balaban J connectivity index is -0.000000321. The SMILES string of the molecule is CC.CC.CCC(C)C(C(CC=O)OC)N(C)C(=O)[C@H](C)N=C(N)N(C)C.CN[C@@H](C)C(=O)O.COC(C(C)C=O)C1CCCN1C. The quantitative estimate of drug-likeness (QED) is 0.132. The van der Waals surface area contributed by atoms with Gasteiger partial charge in [-0.2, -0.15) is 0 Å². The van der Waals surface area contributed by atoms with Gasteiger partial charge in [0, 0.05) is 53.7 Å². The van der Waals surface area contributed by atoms with Crippen LogP contribution < -0.4 is 11.1 Å². The summed E-state index contributed by atoms with van der Waals surface area (Å²) in [5.74, 6) is -0.474. The number of ether oxygens (including phenoxy) is 2. The van der Waals surface area contributed by atoms with Crippen molar-refractivity contribution in [1.82, 2.24) is 20.0 Å². The van der Waals surface area contributed by atoms with E-state index in [1.807, 2.05) is 41.5 Å². The van der Waals surface area contributed by atoms with Crippen LogP contribution in [0.2, 0.25) is 0 Å². The van der Waals surface area contributed by atoms with Gasteiger partial charge in [-0.15, -0.1) is 0 Å². The predicted molar refractivity (Wildman–Crippen MR) is 193 cm³/mol. The minimum atomic E-state index is -0.817. The first-order valence-corrected chi connectivity index (χ1v) is 16.9. The summed E-state index contributed by atoms with van der Waals surface area (Å²) in [5.41, 5.74) is 5.79. The topological polar surface area (TPSA) is 167 Å². The molecule has 1 fully saturated rings. The summed E-state index contributed by atoms with van der Waals surface area (Å²) in [5, 5.41) is 10.7. The van der Waals surface area contributed by atoms with E-state index in [0.717, 1.165) is 32.0 Å². The van der Waals surface area contributed by atoms with Crippen molar-refractivity contribution in [3.05, 3.63) is 0 Å². The Morgan fingerprint density at radius 3 is 1.89 bits per heavy atom. The average Bonchev–Trinajstić information content (AvgIpc) is 3.50. The number of methoxy groups -OCH3 is 2. The number of carboxylic acids is 1. The highest BCUT2D eigenvalue weighted by Crippen LogP contribution is 2.24. The molecule has 47 heavy (non-hydrogen) atoms. The number of nitrogens with two attached hydrogens (primary N) is 1. The standard InChI is InChI=1S/C16H32N4O3.C10H19NO2.C4H9NO2.2C2H6/c1-8-11(2)14(13(23-7)9-10-21)20(6)15(22)12(3)18-16(17)19(4)5;1-8(7-12)10(13-3)9-5-4-6-11(9)2;1-3(5-2)4(6)7;2*1-2/h10-14H,8-9H2,1-7H3,(H2,17,18);7-10H,4-6H2,1-3H3;3,5H,1-2H3,(H,6,7);2*1-2H3/t11?,12-,13?,14?;;3-;;/m0.0../s1. The summed E-state index contributed by atoms with van der Waals surface area (Å²) in [7, 11) is 12.2. The van der Waals surface area contributed by atoms with E-state index in [-0.39, 0.29) is 42.4 Å². The molecule has 280 valence electrons. The summed E-state index contributed by atoms with van der Waals surface area (Å²) >= 11 is 0. The number of likely N-dealkylation sites (N-methyl/N-ethyl adjacent to an activating group) is 3. The minimum absolute atomic E-state index is 0.00412. The van der Waals surface area contributed by atoms with Gasteiger partial charge >= 0.3 is 5.97 Å². The number of aldehydes is 2. The second-order valence-electron chi connectivity index (χ2n) is 11.3. The van der Waals surface area contributed by atoms with Crippen molar-refractivity contribution in [1.29, 1.82) is 0 Å². The third-order valence-corrected chi connectivity index (χ3v) is 7.94. The van der Waals surface area contributed by atoms with Gasteiger partial charge in [-0.1, -0.05) is 54.9 Å². The molecule has 1 amide bonds. The normalized spacial score (nSPS) is 18.6. The Bertz CT molecular complexity index is 846. The number of hydrogen-bond donors (Lipinski definition) is 3. The van der Waals surface area contributed by atoms with Gasteiger partial charge in [0.25, 0.3) is 0 Å². The van der Waals surface area contributed by atoms with Gasteiger partial charge in [0.15, 0.2) is 5.96 Å². The van der Waals surface area contributed by atoms with Gasteiger partial charge in [0.2, 0.25) is 5.91 Å². The number of guanidine groups is 1. The van der Waals surface area contributed by atoms with Gasteiger partial charge in [0.1, 0.15) is 24.7 Å². The maximum Gasteiger partial charge on any atom is 0.320 e. The molecular weight excluding hydrogens is 604 g/mol. The molecule has 0 aliphatic carbocycles. The van der Waals surface area contributed by atoms with E-state index in [1.165, 1.54) is 6.42 Å². The van der Waals surface area contributed by atoms with Crippen molar-refractivity contribution in [3.8, 4) is 0 Å². The van der Waals surface area contributed by atoms with Crippen LogP contribution in [0.1, 0.15) is 88.0 Å². The van der Waals surface area contributed by atoms with Crippen LogP contribution in [0, 0.1) is 11.8 Å². The molecule has 0 aromatic heterocycles. The van der Waals surface area contributed by atoms with Crippen molar-refractivity contribution in [3.63, 3.8) is 0 Å². The van der Waals surface area contributed by atoms with Crippen LogP contribution in [0.15, 0.2) is 4.99 Å². The van der Waals surface area contributed by atoms with E-state index in [1.54, 1.807) is 66.1 Å². The minimum Gasteiger partial charge on any atom is -0.480 e. The number of hydrogen-bond acceptors (Lipinski definition) is 9.